The van der Waals surface area contributed by atoms with E-state index in [1.54, 1.807) is 0 Å². The fourth-order valence-corrected chi connectivity index (χ4v) is 2.99. The molecule has 0 atom stereocenters. The number of hydrogen-bond donors (Lipinski definition) is 1. The van der Waals surface area contributed by atoms with Gasteiger partial charge >= 0.3 is 5.97 Å². The first-order valence-corrected chi connectivity index (χ1v) is 10.2. The summed E-state index contributed by atoms with van der Waals surface area (Å²) in [5.74, 6) is -0.982. The highest BCUT2D eigenvalue weighted by Gasteiger charge is 2.27. The lowest BCUT2D eigenvalue weighted by Gasteiger charge is -2.20. The van der Waals surface area contributed by atoms with E-state index in [2.05, 4.69) is 0 Å². The number of aromatic nitrogens is 1. The van der Waals surface area contributed by atoms with Crippen LogP contribution >= 0.6 is 0 Å². The maximum absolute atomic E-state index is 12.8. The van der Waals surface area contributed by atoms with Crippen molar-refractivity contribution in [1.29, 1.82) is 0 Å². The molecule has 1 heterocycles. The van der Waals surface area contributed by atoms with E-state index in [1.165, 1.54) is 13.8 Å². The van der Waals surface area contributed by atoms with Crippen LogP contribution in [0.25, 0.3) is 6.08 Å². The lowest BCUT2D eigenvalue weighted by Crippen LogP contribution is -2.34. The topological polar surface area (TPSA) is 68.5 Å². The highest BCUT2D eigenvalue weighted by Crippen LogP contribution is 2.15. The van der Waals surface area contributed by atoms with Crippen molar-refractivity contribution < 1.29 is 19.4 Å². The molecule has 0 amide bonds. The number of carboxylic acid groups (broad SMARTS) is 1. The van der Waals surface area contributed by atoms with Crippen LogP contribution in [0.15, 0.2) is 72.9 Å². The van der Waals surface area contributed by atoms with Gasteiger partial charge in [-0.3, -0.25) is 4.79 Å². The Kier molecular flexibility index (Phi) is 6.88. The lowest BCUT2D eigenvalue weighted by atomic mass is 10.1. The van der Waals surface area contributed by atoms with E-state index in [-0.39, 0.29) is 12.4 Å². The van der Waals surface area contributed by atoms with Crippen molar-refractivity contribution in [2.24, 2.45) is 0 Å². The van der Waals surface area contributed by atoms with Gasteiger partial charge in [0, 0.05) is 18.3 Å². The molecule has 2 aromatic carbocycles. The molecule has 160 valence electrons. The summed E-state index contributed by atoms with van der Waals surface area (Å²) >= 11 is 0. The molecule has 5 heteroatoms. The Morgan fingerprint density at radius 3 is 2.35 bits per heavy atom. The predicted octanol–water partition coefficient (Wildman–Crippen LogP) is 5.12. The third-order valence-electron chi connectivity index (χ3n) is 5.08. The number of benzene rings is 2. The first kappa shape index (κ1) is 22.2. The molecule has 0 aliphatic rings. The molecule has 0 aliphatic carbocycles. The maximum Gasteiger partial charge on any atom is 0.335 e. The number of ether oxygens (including phenoxy) is 1. The first-order chi connectivity index (χ1) is 14.8. The van der Waals surface area contributed by atoms with E-state index < -0.39 is 11.6 Å². The van der Waals surface area contributed by atoms with Gasteiger partial charge in [0.1, 0.15) is 0 Å². The largest absolute Gasteiger partial charge is 0.479 e. The van der Waals surface area contributed by atoms with Gasteiger partial charge in [-0.05, 0) is 44.0 Å². The van der Waals surface area contributed by atoms with Crippen molar-refractivity contribution in [1.82, 2.24) is 4.57 Å². The number of carboxylic acids is 1. The molecule has 5 nitrogen and oxygen atoms in total. The highest BCUT2D eigenvalue weighted by molar-refractivity contribution is 6.08. The molecule has 1 N–H and O–H groups in total. The van der Waals surface area contributed by atoms with E-state index >= 15 is 0 Å². The molecular weight excluding hydrogens is 390 g/mol. The number of carbonyl (C=O) groups excluding carboxylic acids is 1. The van der Waals surface area contributed by atoms with Gasteiger partial charge in [-0.25, -0.2) is 4.79 Å². The Morgan fingerprint density at radius 2 is 1.71 bits per heavy atom. The van der Waals surface area contributed by atoms with Gasteiger partial charge in [0.15, 0.2) is 5.60 Å². The lowest BCUT2D eigenvalue weighted by molar-refractivity contribution is -0.162. The van der Waals surface area contributed by atoms with Crippen LogP contribution in [0.1, 0.15) is 46.6 Å². The fourth-order valence-electron chi connectivity index (χ4n) is 2.99. The fraction of sp³-hybridized carbons (Fsp3) is 0.231. The number of allylic oxidation sites excluding steroid dienone is 1. The number of nitrogens with zero attached hydrogens (tertiary/aromatic N) is 1. The van der Waals surface area contributed by atoms with Crippen LogP contribution in [0.5, 0.6) is 0 Å². The zero-order chi connectivity index (χ0) is 22.4. The molecule has 0 saturated carbocycles. The van der Waals surface area contributed by atoms with Gasteiger partial charge in [-0.15, -0.1) is 0 Å². The Labute approximate surface area is 182 Å². The first-order valence-electron chi connectivity index (χ1n) is 10.2. The van der Waals surface area contributed by atoms with Gasteiger partial charge in [-0.1, -0.05) is 66.2 Å². The molecule has 0 spiro atoms. The smallest absolute Gasteiger partial charge is 0.335 e. The molecule has 31 heavy (non-hydrogen) atoms. The van der Waals surface area contributed by atoms with Crippen molar-refractivity contribution in [3.63, 3.8) is 0 Å². The Morgan fingerprint density at radius 1 is 1.03 bits per heavy atom. The molecule has 0 bridgehead atoms. The van der Waals surface area contributed by atoms with Crippen LogP contribution in [-0.2, 0) is 22.7 Å². The Balaban J connectivity index is 1.60. The molecule has 0 fully saturated rings. The average molecular weight is 418 g/mol. The maximum atomic E-state index is 12.8. The number of hydrogen-bond acceptors (Lipinski definition) is 3. The van der Waals surface area contributed by atoms with Crippen molar-refractivity contribution in [2.75, 3.05) is 0 Å². The minimum Gasteiger partial charge on any atom is -0.479 e. The van der Waals surface area contributed by atoms with Crippen LogP contribution in [0, 0.1) is 6.92 Å². The molecular formula is C26H27NO4. The summed E-state index contributed by atoms with van der Waals surface area (Å²) in [6.07, 6.45) is 5.90. The number of aryl methyl sites for hydroxylation is 1. The third-order valence-corrected chi connectivity index (χ3v) is 5.08. The van der Waals surface area contributed by atoms with Gasteiger partial charge in [0.25, 0.3) is 0 Å². The average Bonchev–Trinajstić information content (AvgIpc) is 3.21. The third kappa shape index (κ3) is 5.80. The summed E-state index contributed by atoms with van der Waals surface area (Å²) < 4.78 is 7.40. The zero-order valence-corrected chi connectivity index (χ0v) is 18.0. The van der Waals surface area contributed by atoms with Gasteiger partial charge in [-0.2, -0.15) is 0 Å². The predicted molar refractivity (Wildman–Crippen MR) is 121 cm³/mol. The summed E-state index contributed by atoms with van der Waals surface area (Å²) in [5.41, 5.74) is 3.16. The highest BCUT2D eigenvalue weighted by atomic mass is 16.5. The second-order valence-electron chi connectivity index (χ2n) is 7.99. The van der Waals surface area contributed by atoms with Crippen LogP contribution in [0.4, 0.5) is 0 Å². The molecule has 0 aliphatic heterocycles. The van der Waals surface area contributed by atoms with Crippen LogP contribution in [0.3, 0.4) is 0 Å². The van der Waals surface area contributed by atoms with E-state index in [9.17, 15) is 9.59 Å². The molecule has 3 aromatic rings. The quantitative estimate of drug-likeness (QED) is 0.491. The second kappa shape index (κ2) is 9.58. The summed E-state index contributed by atoms with van der Waals surface area (Å²) in [6, 6.07) is 19.1. The summed E-state index contributed by atoms with van der Waals surface area (Å²) in [4.78, 5) is 23.9. The minimum absolute atomic E-state index is 0.00652. The molecule has 0 radical (unpaired) electrons. The van der Waals surface area contributed by atoms with Gasteiger partial charge in [0.05, 0.1) is 12.3 Å². The standard InChI is InChI=1S/C26H27NO4/c1-19-8-14-22(15-9-19)24(28)23-7-5-17-27(23)16-4-6-20-10-12-21(13-11-20)18-31-26(2,3)25(29)30/h4-15,17H,16,18H2,1-3H3,(H,29,30)/b6-4+. The molecule has 3 rings (SSSR count). The van der Waals surface area contributed by atoms with E-state index in [0.717, 1.165) is 16.7 Å². The van der Waals surface area contributed by atoms with E-state index in [0.29, 0.717) is 17.8 Å². The van der Waals surface area contributed by atoms with Crippen LogP contribution in [-0.4, -0.2) is 27.0 Å². The van der Waals surface area contributed by atoms with Gasteiger partial charge < -0.3 is 14.4 Å². The summed E-state index contributed by atoms with van der Waals surface area (Å²) in [7, 11) is 0. The van der Waals surface area contributed by atoms with Crippen molar-refractivity contribution in [3.8, 4) is 0 Å². The zero-order valence-electron chi connectivity index (χ0n) is 18.0. The number of aliphatic carboxylic acids is 1. The van der Waals surface area contributed by atoms with Gasteiger partial charge in [0.2, 0.25) is 5.78 Å². The van der Waals surface area contributed by atoms with E-state index in [4.69, 9.17) is 9.84 Å². The molecule has 1 aromatic heterocycles. The van der Waals surface area contributed by atoms with Crippen molar-refractivity contribution >= 4 is 17.8 Å². The van der Waals surface area contributed by atoms with Crippen LogP contribution < -0.4 is 0 Å². The Bertz CT molecular complexity index is 1070. The monoisotopic (exact) mass is 417 g/mol. The van der Waals surface area contributed by atoms with E-state index in [1.807, 2.05) is 90.5 Å². The normalized spacial score (nSPS) is 11.7. The van der Waals surface area contributed by atoms with Crippen molar-refractivity contribution in [2.45, 2.75) is 39.5 Å². The van der Waals surface area contributed by atoms with Crippen molar-refractivity contribution in [3.05, 3.63) is 101 Å². The Hall–Kier alpha value is -3.44. The number of carbonyl (C=O) groups is 2. The molecule has 0 saturated heterocycles. The molecule has 0 unspecified atom stereocenters. The number of ketones is 1. The number of rotatable bonds is 9. The minimum atomic E-state index is -1.22. The summed E-state index contributed by atoms with van der Waals surface area (Å²) in [5, 5.41) is 9.11. The summed E-state index contributed by atoms with van der Waals surface area (Å²) in [6.45, 7) is 5.88. The SMILES string of the molecule is Cc1ccc(C(=O)c2cccn2C/C=C/c2ccc(COC(C)(C)C(=O)O)cc2)cc1. The van der Waals surface area contributed by atoms with Crippen LogP contribution in [0.2, 0.25) is 0 Å². The second-order valence-corrected chi connectivity index (χ2v) is 7.99.